The molecular weight excluding hydrogens is 460 g/mol. The average molecular weight is 487 g/mol. The summed E-state index contributed by atoms with van der Waals surface area (Å²) in [7, 11) is -1.72. The van der Waals surface area contributed by atoms with Crippen molar-refractivity contribution in [3.8, 4) is 11.3 Å². The molecule has 0 radical (unpaired) electrons. The fraction of sp³-hybridized carbons (Fsp3) is 0.304. The maximum absolute atomic E-state index is 12.9. The zero-order valence-corrected chi connectivity index (χ0v) is 20.2. The van der Waals surface area contributed by atoms with Gasteiger partial charge >= 0.3 is 0 Å². The zero-order valence-electron chi connectivity index (χ0n) is 18.5. The van der Waals surface area contributed by atoms with Gasteiger partial charge < -0.3 is 14.6 Å². The van der Waals surface area contributed by atoms with Gasteiger partial charge in [0.25, 0.3) is 0 Å². The van der Waals surface area contributed by atoms with E-state index in [1.54, 1.807) is 18.3 Å². The fourth-order valence-corrected chi connectivity index (χ4v) is 5.74. The molecule has 2 heterocycles. The van der Waals surface area contributed by atoms with E-state index in [1.165, 1.54) is 22.1 Å². The van der Waals surface area contributed by atoms with Crippen LogP contribution in [0.15, 0.2) is 64.8 Å². The second-order valence-corrected chi connectivity index (χ2v) is 10.6. The van der Waals surface area contributed by atoms with Crippen LogP contribution < -0.4 is 5.32 Å². The van der Waals surface area contributed by atoms with E-state index in [-0.39, 0.29) is 16.6 Å². The second-order valence-electron chi connectivity index (χ2n) is 7.68. The number of nitrogens with one attached hydrogen (secondary N) is 1. The van der Waals surface area contributed by atoms with Crippen molar-refractivity contribution in [2.45, 2.75) is 17.0 Å². The van der Waals surface area contributed by atoms with Crippen LogP contribution in [0.25, 0.3) is 11.3 Å². The van der Waals surface area contributed by atoms with E-state index in [2.05, 4.69) is 10.3 Å². The Morgan fingerprint density at radius 2 is 1.88 bits per heavy atom. The van der Waals surface area contributed by atoms with Crippen molar-refractivity contribution < 1.29 is 17.9 Å². The zero-order chi connectivity index (χ0) is 23.4. The predicted octanol–water partition coefficient (Wildman–Crippen LogP) is 3.15. The lowest BCUT2D eigenvalue weighted by molar-refractivity contribution is -0.113. The maximum Gasteiger partial charge on any atom is 0.243 e. The molecular formula is C23H26N4O4S2. The number of anilines is 1. The standard InChI is InChI=1S/C23H26N4O4S2/c1-17-8-9-19(33(29,30)27-10-12-31-13-11-27)14-20(17)25-22(28)16-32-23-24-15-21(26(23)2)18-6-4-3-5-7-18/h3-9,14-15H,10-13,16H2,1-2H3,(H,25,28). The molecule has 1 aliphatic rings. The van der Waals surface area contributed by atoms with E-state index in [0.717, 1.165) is 22.0 Å². The van der Waals surface area contributed by atoms with Gasteiger partial charge in [-0.2, -0.15) is 4.31 Å². The molecule has 1 aliphatic heterocycles. The monoisotopic (exact) mass is 486 g/mol. The minimum atomic E-state index is -3.64. The van der Waals surface area contributed by atoms with Crippen LogP contribution in [0.1, 0.15) is 5.56 Å². The van der Waals surface area contributed by atoms with Gasteiger partial charge in [0, 0.05) is 25.8 Å². The quantitative estimate of drug-likeness (QED) is 0.516. The van der Waals surface area contributed by atoms with Gasteiger partial charge in [-0.15, -0.1) is 0 Å². The van der Waals surface area contributed by atoms with E-state index >= 15 is 0 Å². The summed E-state index contributed by atoms with van der Waals surface area (Å²) in [6.07, 6.45) is 1.79. The molecule has 0 unspecified atom stereocenters. The lowest BCUT2D eigenvalue weighted by Crippen LogP contribution is -2.40. The number of amides is 1. The number of carbonyl (C=O) groups excluding carboxylic acids is 1. The molecule has 3 aromatic rings. The fourth-order valence-electron chi connectivity index (χ4n) is 3.55. The van der Waals surface area contributed by atoms with E-state index in [4.69, 9.17) is 4.74 Å². The summed E-state index contributed by atoms with van der Waals surface area (Å²) in [5, 5.41) is 3.58. The summed E-state index contributed by atoms with van der Waals surface area (Å²) in [6.45, 7) is 3.24. The smallest absolute Gasteiger partial charge is 0.243 e. The van der Waals surface area contributed by atoms with Crippen molar-refractivity contribution in [1.29, 1.82) is 0 Å². The highest BCUT2D eigenvalue weighted by molar-refractivity contribution is 7.99. The Morgan fingerprint density at radius 3 is 2.61 bits per heavy atom. The molecule has 0 saturated carbocycles. The predicted molar refractivity (Wildman–Crippen MR) is 129 cm³/mol. The lowest BCUT2D eigenvalue weighted by Gasteiger charge is -2.26. The molecule has 174 valence electrons. The number of sulfonamides is 1. The number of benzene rings is 2. The first kappa shape index (κ1) is 23.5. The highest BCUT2D eigenvalue weighted by Gasteiger charge is 2.27. The van der Waals surface area contributed by atoms with Gasteiger partial charge in [-0.3, -0.25) is 4.79 Å². The van der Waals surface area contributed by atoms with Gasteiger partial charge in [-0.1, -0.05) is 48.2 Å². The number of carbonyl (C=O) groups is 1. The largest absolute Gasteiger partial charge is 0.379 e. The Labute approximate surface area is 198 Å². The lowest BCUT2D eigenvalue weighted by atomic mass is 10.2. The van der Waals surface area contributed by atoms with Crippen LogP contribution in [-0.2, 0) is 26.6 Å². The Kier molecular flexibility index (Phi) is 7.18. The first-order valence-electron chi connectivity index (χ1n) is 10.5. The third-order valence-electron chi connectivity index (χ3n) is 5.44. The highest BCUT2D eigenvalue weighted by atomic mass is 32.2. The summed E-state index contributed by atoms with van der Waals surface area (Å²) in [6, 6.07) is 14.7. The van der Waals surface area contributed by atoms with Gasteiger partial charge in [0.05, 0.1) is 35.8 Å². The Morgan fingerprint density at radius 1 is 1.15 bits per heavy atom. The number of aryl methyl sites for hydroxylation is 1. The number of aromatic nitrogens is 2. The van der Waals surface area contributed by atoms with Crippen molar-refractivity contribution in [2.24, 2.45) is 7.05 Å². The van der Waals surface area contributed by atoms with Crippen molar-refractivity contribution in [3.63, 3.8) is 0 Å². The molecule has 0 spiro atoms. The van der Waals surface area contributed by atoms with Gasteiger partial charge in [0.2, 0.25) is 15.9 Å². The van der Waals surface area contributed by atoms with Crippen molar-refractivity contribution in [2.75, 3.05) is 37.4 Å². The molecule has 0 aliphatic carbocycles. The molecule has 10 heteroatoms. The van der Waals surface area contributed by atoms with Crippen molar-refractivity contribution in [1.82, 2.24) is 13.9 Å². The number of hydrogen-bond acceptors (Lipinski definition) is 6. The van der Waals surface area contributed by atoms with Gasteiger partial charge in [-0.25, -0.2) is 13.4 Å². The third kappa shape index (κ3) is 5.30. The summed E-state index contributed by atoms with van der Waals surface area (Å²) in [5.74, 6) is -0.0767. The van der Waals surface area contributed by atoms with E-state index in [9.17, 15) is 13.2 Å². The molecule has 1 N–H and O–H groups in total. The molecule has 1 saturated heterocycles. The number of hydrogen-bond donors (Lipinski definition) is 1. The molecule has 8 nitrogen and oxygen atoms in total. The van der Waals surface area contributed by atoms with Crippen LogP contribution in [0.5, 0.6) is 0 Å². The van der Waals surface area contributed by atoms with Crippen LogP contribution >= 0.6 is 11.8 Å². The minimum absolute atomic E-state index is 0.152. The topological polar surface area (TPSA) is 93.5 Å². The van der Waals surface area contributed by atoms with E-state index < -0.39 is 10.0 Å². The Bertz CT molecular complexity index is 1240. The number of ether oxygens (including phenoxy) is 1. The van der Waals surface area contributed by atoms with Gasteiger partial charge in [0.1, 0.15) is 0 Å². The SMILES string of the molecule is Cc1ccc(S(=O)(=O)N2CCOCC2)cc1NC(=O)CSc1ncc(-c2ccccc2)n1C. The first-order valence-corrected chi connectivity index (χ1v) is 13.0. The number of rotatable bonds is 7. The number of morpholine rings is 1. The highest BCUT2D eigenvalue weighted by Crippen LogP contribution is 2.26. The normalized spacial score (nSPS) is 14.8. The molecule has 4 rings (SSSR count). The van der Waals surface area contributed by atoms with Gasteiger partial charge in [-0.05, 0) is 30.2 Å². The Hall–Kier alpha value is -2.66. The second kappa shape index (κ2) is 10.1. The van der Waals surface area contributed by atoms with Crippen molar-refractivity contribution in [3.05, 3.63) is 60.3 Å². The molecule has 1 fully saturated rings. The van der Waals surface area contributed by atoms with Crippen LogP contribution in [-0.4, -0.2) is 60.2 Å². The van der Waals surface area contributed by atoms with E-state index in [0.29, 0.717) is 32.0 Å². The molecule has 0 bridgehead atoms. The molecule has 0 atom stereocenters. The van der Waals surface area contributed by atoms with Crippen LogP contribution in [0.3, 0.4) is 0 Å². The van der Waals surface area contributed by atoms with Crippen LogP contribution in [0.2, 0.25) is 0 Å². The summed E-state index contributed by atoms with van der Waals surface area (Å²) in [5.41, 5.74) is 3.30. The maximum atomic E-state index is 12.9. The summed E-state index contributed by atoms with van der Waals surface area (Å²) in [4.78, 5) is 17.2. The molecule has 1 amide bonds. The van der Waals surface area contributed by atoms with E-state index in [1.807, 2.05) is 48.9 Å². The number of nitrogens with zero attached hydrogens (tertiary/aromatic N) is 3. The molecule has 2 aromatic carbocycles. The number of imidazole rings is 1. The third-order valence-corrected chi connectivity index (χ3v) is 8.38. The molecule has 33 heavy (non-hydrogen) atoms. The van der Waals surface area contributed by atoms with Crippen LogP contribution in [0, 0.1) is 6.92 Å². The summed E-state index contributed by atoms with van der Waals surface area (Å²) < 4.78 is 34.5. The van der Waals surface area contributed by atoms with Gasteiger partial charge in [0.15, 0.2) is 5.16 Å². The van der Waals surface area contributed by atoms with Crippen LogP contribution in [0.4, 0.5) is 5.69 Å². The average Bonchev–Trinajstić information content (AvgIpc) is 3.20. The summed E-state index contributed by atoms with van der Waals surface area (Å²) >= 11 is 1.33. The number of thioether (sulfide) groups is 1. The minimum Gasteiger partial charge on any atom is -0.379 e. The Balaban J connectivity index is 1.43. The van der Waals surface area contributed by atoms with Crippen molar-refractivity contribution >= 4 is 33.4 Å². The molecule has 1 aromatic heterocycles. The first-order chi connectivity index (χ1) is 15.9.